The predicted molar refractivity (Wildman–Crippen MR) is 79.8 cm³/mol. The van der Waals surface area contributed by atoms with Gasteiger partial charge in [-0.05, 0) is 47.0 Å². The predicted octanol–water partition coefficient (Wildman–Crippen LogP) is 5.19. The van der Waals surface area contributed by atoms with Crippen molar-refractivity contribution < 1.29 is 4.74 Å². The molecule has 0 radical (unpaired) electrons. The van der Waals surface area contributed by atoms with Gasteiger partial charge in [-0.25, -0.2) is 0 Å². The maximum Gasteiger partial charge on any atom is 0.128 e. The summed E-state index contributed by atoms with van der Waals surface area (Å²) in [6.45, 7) is 2.17. The van der Waals surface area contributed by atoms with Crippen LogP contribution in [0.1, 0.15) is 12.5 Å². The van der Waals surface area contributed by atoms with Gasteiger partial charge >= 0.3 is 0 Å². The standard InChI is InChI=1S/C18H16O/c1-2-14-12-17(19-16-9-4-3-5-10-16)13-15-8-6-7-11-18(14)15/h3-13H,2H2,1H3. The molecule has 19 heavy (non-hydrogen) atoms. The Bertz CT molecular complexity index is 686. The molecule has 0 atom stereocenters. The number of fused-ring (bicyclic) bond motifs is 1. The van der Waals surface area contributed by atoms with E-state index in [9.17, 15) is 0 Å². The molecule has 0 amide bonds. The Kier molecular flexibility index (Phi) is 3.20. The molecule has 0 aliphatic heterocycles. The minimum atomic E-state index is 0.875. The molecule has 0 spiro atoms. The van der Waals surface area contributed by atoms with Gasteiger partial charge in [0, 0.05) is 0 Å². The largest absolute Gasteiger partial charge is 0.457 e. The van der Waals surface area contributed by atoms with Gasteiger partial charge in [0.1, 0.15) is 11.5 Å². The van der Waals surface area contributed by atoms with Crippen LogP contribution in [0.3, 0.4) is 0 Å². The lowest BCUT2D eigenvalue weighted by atomic mass is 10.0. The highest BCUT2D eigenvalue weighted by atomic mass is 16.5. The van der Waals surface area contributed by atoms with Crippen LogP contribution in [0, 0.1) is 0 Å². The molecule has 0 saturated heterocycles. The van der Waals surface area contributed by atoms with Crippen molar-refractivity contribution in [2.24, 2.45) is 0 Å². The SMILES string of the molecule is CCc1cc(Oc2ccccc2)cc2ccccc12. The van der Waals surface area contributed by atoms with E-state index in [-0.39, 0.29) is 0 Å². The van der Waals surface area contributed by atoms with E-state index in [1.807, 2.05) is 30.3 Å². The molecular formula is C18H16O. The Labute approximate surface area is 113 Å². The average molecular weight is 248 g/mol. The van der Waals surface area contributed by atoms with Crippen LogP contribution in [-0.2, 0) is 6.42 Å². The first-order valence-corrected chi connectivity index (χ1v) is 6.61. The first-order valence-electron chi connectivity index (χ1n) is 6.61. The van der Waals surface area contributed by atoms with Crippen molar-refractivity contribution in [2.45, 2.75) is 13.3 Å². The van der Waals surface area contributed by atoms with Gasteiger partial charge in [-0.3, -0.25) is 0 Å². The molecule has 0 N–H and O–H groups in total. The van der Waals surface area contributed by atoms with Crippen molar-refractivity contribution in [3.8, 4) is 11.5 Å². The van der Waals surface area contributed by atoms with Crippen LogP contribution in [0.15, 0.2) is 66.7 Å². The third kappa shape index (κ3) is 2.45. The Morgan fingerprint density at radius 3 is 2.32 bits per heavy atom. The quantitative estimate of drug-likeness (QED) is 0.619. The molecule has 0 saturated carbocycles. The highest BCUT2D eigenvalue weighted by Crippen LogP contribution is 2.29. The molecule has 0 bridgehead atoms. The number of hydrogen-bond acceptors (Lipinski definition) is 1. The van der Waals surface area contributed by atoms with Gasteiger partial charge in [0.2, 0.25) is 0 Å². The van der Waals surface area contributed by atoms with Gasteiger partial charge in [-0.1, -0.05) is 49.4 Å². The number of hydrogen-bond donors (Lipinski definition) is 0. The van der Waals surface area contributed by atoms with Crippen molar-refractivity contribution in [3.05, 3.63) is 72.3 Å². The van der Waals surface area contributed by atoms with Crippen LogP contribution < -0.4 is 4.74 Å². The van der Waals surface area contributed by atoms with Gasteiger partial charge in [0.25, 0.3) is 0 Å². The third-order valence-electron chi connectivity index (χ3n) is 3.28. The smallest absolute Gasteiger partial charge is 0.128 e. The molecule has 0 fully saturated rings. The molecule has 0 unspecified atom stereocenters. The van der Waals surface area contributed by atoms with E-state index in [1.165, 1.54) is 16.3 Å². The van der Waals surface area contributed by atoms with E-state index in [4.69, 9.17) is 4.74 Å². The van der Waals surface area contributed by atoms with Crippen LogP contribution in [0.4, 0.5) is 0 Å². The molecule has 94 valence electrons. The average Bonchev–Trinajstić information content (AvgIpc) is 2.47. The zero-order valence-corrected chi connectivity index (χ0v) is 11.0. The maximum atomic E-state index is 5.93. The molecule has 0 aliphatic rings. The zero-order valence-electron chi connectivity index (χ0n) is 11.0. The van der Waals surface area contributed by atoms with E-state index in [1.54, 1.807) is 0 Å². The highest BCUT2D eigenvalue weighted by molar-refractivity contribution is 5.87. The lowest BCUT2D eigenvalue weighted by Crippen LogP contribution is -1.88. The maximum absolute atomic E-state index is 5.93. The van der Waals surface area contributed by atoms with Crippen molar-refractivity contribution in [1.29, 1.82) is 0 Å². The van der Waals surface area contributed by atoms with Crippen molar-refractivity contribution in [2.75, 3.05) is 0 Å². The molecule has 1 nitrogen and oxygen atoms in total. The van der Waals surface area contributed by atoms with Gasteiger partial charge in [-0.2, -0.15) is 0 Å². The fraction of sp³-hybridized carbons (Fsp3) is 0.111. The number of ether oxygens (including phenoxy) is 1. The molecule has 0 heterocycles. The first-order chi connectivity index (χ1) is 9.36. The third-order valence-corrected chi connectivity index (χ3v) is 3.28. The molecule has 3 aromatic carbocycles. The van der Waals surface area contributed by atoms with E-state index in [0.29, 0.717) is 0 Å². The van der Waals surface area contributed by atoms with Crippen molar-refractivity contribution in [1.82, 2.24) is 0 Å². The Hall–Kier alpha value is -2.28. The molecular weight excluding hydrogens is 232 g/mol. The minimum Gasteiger partial charge on any atom is -0.457 e. The van der Waals surface area contributed by atoms with Crippen LogP contribution in [0.5, 0.6) is 11.5 Å². The van der Waals surface area contributed by atoms with E-state index < -0.39 is 0 Å². The monoisotopic (exact) mass is 248 g/mol. The van der Waals surface area contributed by atoms with Gasteiger partial charge in [0.15, 0.2) is 0 Å². The number of benzene rings is 3. The lowest BCUT2D eigenvalue weighted by Gasteiger charge is -2.10. The molecule has 3 aromatic rings. The van der Waals surface area contributed by atoms with Gasteiger partial charge < -0.3 is 4.74 Å². The first kappa shape index (κ1) is 11.8. The Morgan fingerprint density at radius 1 is 0.789 bits per heavy atom. The fourth-order valence-corrected chi connectivity index (χ4v) is 2.34. The normalized spacial score (nSPS) is 10.6. The van der Waals surface area contributed by atoms with Crippen LogP contribution in [-0.4, -0.2) is 0 Å². The topological polar surface area (TPSA) is 9.23 Å². The van der Waals surface area contributed by atoms with Crippen molar-refractivity contribution in [3.63, 3.8) is 0 Å². The second-order valence-electron chi connectivity index (χ2n) is 4.57. The summed E-state index contributed by atoms with van der Waals surface area (Å²) in [5, 5.41) is 2.54. The molecule has 0 aliphatic carbocycles. The summed E-state index contributed by atoms with van der Waals surface area (Å²) in [5.41, 5.74) is 1.32. The number of aryl methyl sites for hydroxylation is 1. The summed E-state index contributed by atoms with van der Waals surface area (Å²) in [7, 11) is 0. The molecule has 3 rings (SSSR count). The van der Waals surface area contributed by atoms with E-state index in [2.05, 4.69) is 43.3 Å². The summed E-state index contributed by atoms with van der Waals surface area (Å²) in [6, 6.07) is 22.6. The summed E-state index contributed by atoms with van der Waals surface area (Å²) >= 11 is 0. The van der Waals surface area contributed by atoms with Gasteiger partial charge in [0.05, 0.1) is 0 Å². The van der Waals surface area contributed by atoms with Crippen molar-refractivity contribution >= 4 is 10.8 Å². The highest BCUT2D eigenvalue weighted by Gasteiger charge is 2.04. The van der Waals surface area contributed by atoms with Gasteiger partial charge in [-0.15, -0.1) is 0 Å². The Morgan fingerprint density at radius 2 is 1.53 bits per heavy atom. The second-order valence-corrected chi connectivity index (χ2v) is 4.57. The molecule has 0 aromatic heterocycles. The van der Waals surface area contributed by atoms with Crippen LogP contribution in [0.25, 0.3) is 10.8 Å². The second kappa shape index (κ2) is 5.15. The molecule has 1 heteroatoms. The van der Waals surface area contributed by atoms with E-state index in [0.717, 1.165) is 17.9 Å². The number of para-hydroxylation sites is 1. The number of rotatable bonds is 3. The lowest BCUT2D eigenvalue weighted by molar-refractivity contribution is 0.483. The van der Waals surface area contributed by atoms with E-state index >= 15 is 0 Å². The summed E-state index contributed by atoms with van der Waals surface area (Å²) < 4.78 is 5.93. The summed E-state index contributed by atoms with van der Waals surface area (Å²) in [4.78, 5) is 0. The zero-order chi connectivity index (χ0) is 13.1. The summed E-state index contributed by atoms with van der Waals surface area (Å²) in [6.07, 6.45) is 1.01. The fourth-order valence-electron chi connectivity index (χ4n) is 2.34. The van der Waals surface area contributed by atoms with Crippen LogP contribution >= 0.6 is 0 Å². The summed E-state index contributed by atoms with van der Waals surface area (Å²) in [5.74, 6) is 1.78. The minimum absolute atomic E-state index is 0.875. The Balaban J connectivity index is 2.05. The van der Waals surface area contributed by atoms with Crippen LogP contribution in [0.2, 0.25) is 0 Å².